The second kappa shape index (κ2) is 6.86. The summed E-state index contributed by atoms with van der Waals surface area (Å²) in [5.41, 5.74) is 3.48. The molecule has 0 saturated heterocycles. The van der Waals surface area contributed by atoms with Crippen molar-refractivity contribution in [1.29, 1.82) is 0 Å². The zero-order valence-corrected chi connectivity index (χ0v) is 13.6. The van der Waals surface area contributed by atoms with Crippen molar-refractivity contribution in [3.05, 3.63) is 57.8 Å². The molecule has 0 saturated carbocycles. The average molecular weight is 335 g/mol. The highest BCUT2D eigenvalue weighted by atomic mass is 79.9. The third kappa shape index (κ3) is 3.58. The van der Waals surface area contributed by atoms with E-state index in [4.69, 9.17) is 4.74 Å². The molecule has 106 valence electrons. The summed E-state index contributed by atoms with van der Waals surface area (Å²) in [5, 5.41) is 3.34. The van der Waals surface area contributed by atoms with Gasteiger partial charge in [0.15, 0.2) is 0 Å². The summed E-state index contributed by atoms with van der Waals surface area (Å²) < 4.78 is 6.23. The van der Waals surface area contributed by atoms with Crippen molar-refractivity contribution in [2.24, 2.45) is 0 Å². The van der Waals surface area contributed by atoms with Crippen LogP contribution >= 0.6 is 15.9 Å². The quantitative estimate of drug-likeness (QED) is 0.905. The normalized spacial score (nSPS) is 12.2. The van der Waals surface area contributed by atoms with E-state index in [-0.39, 0.29) is 6.04 Å². The standard InChI is InChI=1S/C16H19BrN2O/c1-11-4-6-13(19-10-11)9-15(18-2)12-5-7-16(20-3)14(17)8-12/h4-8,10,15,18H,9H2,1-3H3. The number of rotatable bonds is 5. The largest absolute Gasteiger partial charge is 0.496 e. The maximum absolute atomic E-state index is 5.27. The van der Waals surface area contributed by atoms with Gasteiger partial charge in [0, 0.05) is 24.4 Å². The highest BCUT2D eigenvalue weighted by Gasteiger charge is 2.12. The van der Waals surface area contributed by atoms with Gasteiger partial charge in [-0.1, -0.05) is 12.1 Å². The van der Waals surface area contributed by atoms with Crippen LogP contribution in [0.5, 0.6) is 5.75 Å². The van der Waals surface area contributed by atoms with Crippen LogP contribution in [0.15, 0.2) is 41.0 Å². The Balaban J connectivity index is 2.19. The van der Waals surface area contributed by atoms with E-state index in [1.165, 1.54) is 11.1 Å². The van der Waals surface area contributed by atoms with Gasteiger partial charge in [-0.15, -0.1) is 0 Å². The van der Waals surface area contributed by atoms with Gasteiger partial charge in [0.05, 0.1) is 11.6 Å². The van der Waals surface area contributed by atoms with E-state index in [1.54, 1.807) is 7.11 Å². The molecule has 0 radical (unpaired) electrons. The Bertz CT molecular complexity index is 569. The molecule has 1 atom stereocenters. The van der Waals surface area contributed by atoms with Gasteiger partial charge in [-0.2, -0.15) is 0 Å². The minimum Gasteiger partial charge on any atom is -0.496 e. The van der Waals surface area contributed by atoms with Gasteiger partial charge in [0.1, 0.15) is 5.75 Å². The van der Waals surface area contributed by atoms with E-state index in [0.29, 0.717) is 0 Å². The first-order chi connectivity index (χ1) is 9.63. The molecule has 1 unspecified atom stereocenters. The minimum atomic E-state index is 0.229. The Morgan fingerprint density at radius 2 is 2.10 bits per heavy atom. The topological polar surface area (TPSA) is 34.2 Å². The number of halogens is 1. The summed E-state index contributed by atoms with van der Waals surface area (Å²) in [6.45, 7) is 2.05. The SMILES string of the molecule is CNC(Cc1ccc(C)cn1)c1ccc(OC)c(Br)c1. The average Bonchev–Trinajstić information content (AvgIpc) is 2.46. The second-order valence-electron chi connectivity index (χ2n) is 4.77. The van der Waals surface area contributed by atoms with Gasteiger partial charge in [0.25, 0.3) is 0 Å². The predicted octanol–water partition coefficient (Wildman–Crippen LogP) is 3.66. The van der Waals surface area contributed by atoms with Crippen LogP contribution in [0.2, 0.25) is 0 Å². The number of benzene rings is 1. The summed E-state index contributed by atoms with van der Waals surface area (Å²) >= 11 is 3.53. The molecule has 2 aromatic rings. The van der Waals surface area contributed by atoms with Gasteiger partial charge in [-0.05, 0) is 59.2 Å². The first-order valence-corrected chi connectivity index (χ1v) is 7.35. The molecule has 3 nitrogen and oxygen atoms in total. The van der Waals surface area contributed by atoms with Crippen molar-refractivity contribution in [3.8, 4) is 5.75 Å². The molecule has 2 rings (SSSR count). The third-order valence-electron chi connectivity index (χ3n) is 3.31. The number of likely N-dealkylation sites (N-methyl/N-ethyl adjacent to an activating group) is 1. The highest BCUT2D eigenvalue weighted by Crippen LogP contribution is 2.29. The van der Waals surface area contributed by atoms with Crippen molar-refractivity contribution in [3.63, 3.8) is 0 Å². The molecule has 0 aliphatic heterocycles. The molecular formula is C16H19BrN2O. The zero-order chi connectivity index (χ0) is 14.5. The van der Waals surface area contributed by atoms with Crippen LogP contribution in [0.1, 0.15) is 22.9 Å². The van der Waals surface area contributed by atoms with Gasteiger partial charge in [-0.25, -0.2) is 0 Å². The van der Waals surface area contributed by atoms with Gasteiger partial charge in [-0.3, -0.25) is 4.98 Å². The van der Waals surface area contributed by atoms with Gasteiger partial charge >= 0.3 is 0 Å². The summed E-state index contributed by atoms with van der Waals surface area (Å²) in [6.07, 6.45) is 2.77. The van der Waals surface area contributed by atoms with Crippen molar-refractivity contribution in [2.45, 2.75) is 19.4 Å². The molecule has 1 N–H and O–H groups in total. The van der Waals surface area contributed by atoms with E-state index in [9.17, 15) is 0 Å². The smallest absolute Gasteiger partial charge is 0.133 e. The lowest BCUT2D eigenvalue weighted by atomic mass is 10.0. The van der Waals surface area contributed by atoms with Crippen molar-refractivity contribution < 1.29 is 4.74 Å². The molecule has 1 heterocycles. The molecule has 20 heavy (non-hydrogen) atoms. The number of aryl methyl sites for hydroxylation is 1. The lowest BCUT2D eigenvalue weighted by Crippen LogP contribution is -2.19. The Morgan fingerprint density at radius 3 is 2.65 bits per heavy atom. The highest BCUT2D eigenvalue weighted by molar-refractivity contribution is 9.10. The minimum absolute atomic E-state index is 0.229. The van der Waals surface area contributed by atoms with Crippen LogP contribution in [0.3, 0.4) is 0 Å². The number of nitrogens with one attached hydrogen (secondary N) is 1. The predicted molar refractivity (Wildman–Crippen MR) is 85.2 cm³/mol. The molecule has 0 aliphatic carbocycles. The van der Waals surface area contributed by atoms with E-state index in [1.807, 2.05) is 26.2 Å². The fraction of sp³-hybridized carbons (Fsp3) is 0.312. The Kier molecular flexibility index (Phi) is 5.15. The molecule has 0 spiro atoms. The Labute approximate surface area is 128 Å². The molecule has 1 aromatic carbocycles. The van der Waals surface area contributed by atoms with Crippen LogP contribution in [-0.4, -0.2) is 19.1 Å². The first kappa shape index (κ1) is 15.0. The summed E-state index contributed by atoms with van der Waals surface area (Å²) in [5.74, 6) is 0.845. The van der Waals surface area contributed by atoms with Crippen LogP contribution in [0.4, 0.5) is 0 Å². The lowest BCUT2D eigenvalue weighted by Gasteiger charge is -2.17. The first-order valence-electron chi connectivity index (χ1n) is 6.56. The molecule has 4 heteroatoms. The maximum Gasteiger partial charge on any atom is 0.133 e. The number of pyridine rings is 1. The van der Waals surface area contributed by atoms with E-state index in [2.05, 4.69) is 50.5 Å². The van der Waals surface area contributed by atoms with Gasteiger partial charge < -0.3 is 10.1 Å². The fourth-order valence-electron chi connectivity index (χ4n) is 2.11. The van der Waals surface area contributed by atoms with Gasteiger partial charge in [0.2, 0.25) is 0 Å². The molecule has 1 aromatic heterocycles. The Hall–Kier alpha value is -1.39. The van der Waals surface area contributed by atoms with E-state index >= 15 is 0 Å². The van der Waals surface area contributed by atoms with E-state index < -0.39 is 0 Å². The molecule has 0 fully saturated rings. The van der Waals surface area contributed by atoms with Crippen LogP contribution < -0.4 is 10.1 Å². The third-order valence-corrected chi connectivity index (χ3v) is 3.93. The Morgan fingerprint density at radius 1 is 1.30 bits per heavy atom. The van der Waals surface area contributed by atoms with Crippen molar-refractivity contribution in [1.82, 2.24) is 10.3 Å². The molecule has 0 aliphatic rings. The monoisotopic (exact) mass is 334 g/mol. The van der Waals surface area contributed by atoms with Crippen molar-refractivity contribution >= 4 is 15.9 Å². The number of ether oxygens (including phenoxy) is 1. The number of hydrogen-bond donors (Lipinski definition) is 1. The van der Waals surface area contributed by atoms with Crippen LogP contribution in [-0.2, 0) is 6.42 Å². The number of aromatic nitrogens is 1. The number of hydrogen-bond acceptors (Lipinski definition) is 3. The van der Waals surface area contributed by atoms with E-state index in [0.717, 1.165) is 22.3 Å². The summed E-state index contributed by atoms with van der Waals surface area (Å²) in [7, 11) is 3.64. The maximum atomic E-state index is 5.27. The zero-order valence-electron chi connectivity index (χ0n) is 12.0. The molecule has 0 bridgehead atoms. The lowest BCUT2D eigenvalue weighted by molar-refractivity contribution is 0.411. The van der Waals surface area contributed by atoms with Crippen LogP contribution in [0, 0.1) is 6.92 Å². The summed E-state index contributed by atoms with van der Waals surface area (Å²) in [4.78, 5) is 4.47. The van der Waals surface area contributed by atoms with Crippen LogP contribution in [0.25, 0.3) is 0 Å². The number of nitrogens with zero attached hydrogens (tertiary/aromatic N) is 1. The molecular weight excluding hydrogens is 316 g/mol. The van der Waals surface area contributed by atoms with Crippen molar-refractivity contribution in [2.75, 3.05) is 14.2 Å². The molecule has 0 amide bonds. The summed E-state index contributed by atoms with van der Waals surface area (Å²) in [6, 6.07) is 10.6. The fourth-order valence-corrected chi connectivity index (χ4v) is 2.67. The number of methoxy groups -OCH3 is 1. The second-order valence-corrected chi connectivity index (χ2v) is 5.62.